The number of amides is 16. The van der Waals surface area contributed by atoms with Crippen molar-refractivity contribution in [2.75, 3.05) is 39.3 Å². The largest absolute Gasteiger partial charge is 0.480 e. The Kier molecular flexibility index (Phi) is 41.3. The van der Waals surface area contributed by atoms with Crippen molar-refractivity contribution < 1.29 is 107 Å². The van der Waals surface area contributed by atoms with E-state index in [4.69, 9.17) is 112 Å². The Bertz CT molecular complexity index is 4110. The van der Waals surface area contributed by atoms with Crippen LogP contribution in [0.3, 0.4) is 0 Å². The van der Waals surface area contributed by atoms with Gasteiger partial charge in [-0.05, 0) is 11.1 Å². The predicted molar refractivity (Wildman–Crippen MR) is 418 cm³/mol. The predicted octanol–water partition coefficient (Wildman–Crippen LogP) is -24.5. The summed E-state index contributed by atoms with van der Waals surface area (Å²) in [5, 5.41) is 146. The van der Waals surface area contributed by atoms with E-state index in [0.29, 0.717) is 0 Å². The second kappa shape index (κ2) is 49.8. The number of carbonyl (C=O) groups is 18. The van der Waals surface area contributed by atoms with Crippen LogP contribution in [0.15, 0.2) is 60.7 Å². The van der Waals surface area contributed by atoms with Crippen LogP contribution in [0.5, 0.6) is 0 Å². The molecule has 678 valence electrons. The quantitative estimate of drug-likeness (QED) is 0.0166. The van der Waals surface area contributed by atoms with Crippen molar-refractivity contribution in [3.05, 3.63) is 71.8 Å². The Labute approximate surface area is 695 Å². The van der Waals surface area contributed by atoms with Crippen LogP contribution in [0.2, 0.25) is 0 Å². The summed E-state index contributed by atoms with van der Waals surface area (Å²) in [6, 6.07) is 8.97. The van der Waals surface area contributed by atoms with Gasteiger partial charge in [0.15, 0.2) is 109 Å². The molecule has 0 aliphatic rings. The zero-order valence-corrected chi connectivity index (χ0v) is 64.1. The highest BCUT2D eigenvalue weighted by Gasteiger charge is 2.39. The summed E-state index contributed by atoms with van der Waals surface area (Å²) in [6.07, 6.45) is -26.9. The number of carbonyl (C=O) groups excluding carboxylic acids is 16. The van der Waals surface area contributed by atoms with Gasteiger partial charge in [0.25, 0.3) is 70.9 Å². The van der Waals surface area contributed by atoms with Crippen LogP contribution in [0, 0.1) is 43.3 Å². The van der Waals surface area contributed by atoms with E-state index in [1.165, 1.54) is 60.7 Å². The number of carboxylic acids is 2. The summed E-state index contributed by atoms with van der Waals surface area (Å²) in [5.74, 6) is -34.9. The Hall–Kier alpha value is -17.2. The Morgan fingerprint density at radius 3 is 0.645 bits per heavy atom. The van der Waals surface area contributed by atoms with Gasteiger partial charge in [-0.3, -0.25) is 139 Å². The summed E-state index contributed by atoms with van der Waals surface area (Å²) >= 11 is 0. The number of rotatable bonds is 49. The molecule has 124 heavy (non-hydrogen) atoms. The Morgan fingerprint density at radius 1 is 0.266 bits per heavy atom. The van der Waals surface area contributed by atoms with Crippen molar-refractivity contribution in [1.29, 1.82) is 43.3 Å². The maximum atomic E-state index is 14.2. The van der Waals surface area contributed by atoms with Gasteiger partial charge in [-0.15, -0.1) is 0 Å². The molecule has 14 atom stereocenters. The molecule has 0 aromatic heterocycles. The monoisotopic (exact) mass is 1760 g/mol. The molecular weight excluding hydrogens is 1660 g/mol. The SMILES string of the molecule is N=C(N)NC(NC(=O)C(NC(=N)N)NC(=O)C(NC(=N)N)NC(=O)C(NC(=N)N)NC(=O)C(NC(=O)C(O)NC(=O)CN(CCN(CC(=O)O)CC(=O)NC(O)C(=O)NC(C(=O)NC(NC(=N)N)C(=O)NC(NC(=N)N)C(=O)NC(NC(=N)N)C(=O)NC(NC(=N)N)C(=O)NC(N)C(N)=O)c1ccccc1)CC(=O)O)c1ccccc1)C(=O)NC(N)C(N)=O. The van der Waals surface area contributed by atoms with E-state index < -0.39 is 280 Å². The number of nitrogens with two attached hydrogens (primary N) is 12. The fourth-order valence-electron chi connectivity index (χ4n) is 9.36. The van der Waals surface area contributed by atoms with E-state index in [1.54, 1.807) is 0 Å². The number of hydrogen-bond acceptors (Lipinski definition) is 32. The van der Waals surface area contributed by atoms with E-state index in [-0.39, 0.29) is 11.1 Å². The van der Waals surface area contributed by atoms with Gasteiger partial charge in [-0.2, -0.15) is 0 Å². The topological polar surface area (TPSA) is 1160 Å². The molecule has 16 amide bonds. The number of hydrogen-bond donors (Lipinski definition) is 46. The lowest BCUT2D eigenvalue weighted by Gasteiger charge is -2.28. The van der Waals surface area contributed by atoms with Gasteiger partial charge >= 0.3 is 11.9 Å². The second-order valence-corrected chi connectivity index (χ2v) is 24.6. The molecule has 66 nitrogen and oxygen atoms in total. The first kappa shape index (κ1) is 103. The standard InChI is InChI=1S/C58H94N44O22/c59-25(27(61)109)83-39(113)29(93-51(63)64)87-43(117)33(97-55(71)72)91-45(119)35(99-57(75)76)89-41(115)31(95-53(67)68)85-37(111)23(17-7-3-1-4-8-17)81-49(123)47(121)79-19(103)13-101(15-21(105)106)11-12-102(16-22(107)108)14-20(104)80-48(122)50(124)82-24(18-9-5-2-6-10-18)38(112)86-32(96-54(69)70)42(116)90-36(100-58(77)78)46(120)92-34(98-56(73)74)44(118)88-30(94-52(65)66)40(114)84-26(60)28(62)110/h1-10,23-26,29-36,47-48,121-122H,11-16,59-60H2,(H2,61,109)(H2,62,110)(H,79,103)(H,80,104)(H,81,123)(H,82,124)(H,83,113)(H,84,114)(H,85,111)(H,86,112)(H,87,117)(H,88,118)(H,89,115)(H,90,116)(H,91,119)(H,92,120)(H,105,106)(H,107,108)(H4,63,64,93)(H4,65,66,94)(H4,67,68,95)(H4,69,70,96)(H4,71,72,97)(H4,73,74,98)(H4,75,76,99)(H4,77,78,100). The Morgan fingerprint density at radius 2 is 0.460 bits per heavy atom. The maximum absolute atomic E-state index is 14.2. The molecule has 2 rings (SSSR count). The average molecular weight is 1760 g/mol. The van der Waals surface area contributed by atoms with Gasteiger partial charge in [0.05, 0.1) is 26.2 Å². The smallest absolute Gasteiger partial charge is 0.317 e. The summed E-state index contributed by atoms with van der Waals surface area (Å²) in [5.41, 5.74) is 64.0. The van der Waals surface area contributed by atoms with Gasteiger partial charge in [0.1, 0.15) is 12.1 Å². The first-order valence-electron chi connectivity index (χ1n) is 34.3. The van der Waals surface area contributed by atoms with Crippen LogP contribution < -0.4 is 186 Å². The number of nitrogens with one attached hydrogen (secondary N) is 30. The van der Waals surface area contributed by atoms with Crippen molar-refractivity contribution in [3.8, 4) is 0 Å². The molecule has 0 radical (unpaired) electrons. The van der Waals surface area contributed by atoms with E-state index >= 15 is 0 Å². The number of primary amides is 2. The minimum atomic E-state index is -2.66. The summed E-state index contributed by atoms with van der Waals surface area (Å²) in [4.78, 5) is 239. The number of aliphatic hydroxyl groups excluding tert-OH is 2. The fraction of sp³-hybridized carbons (Fsp3) is 0.345. The molecule has 2 aromatic carbocycles. The van der Waals surface area contributed by atoms with Gasteiger partial charge < -0.3 is 206 Å². The van der Waals surface area contributed by atoms with Crippen molar-refractivity contribution in [2.45, 2.75) is 86.2 Å². The third-order valence-corrected chi connectivity index (χ3v) is 14.6. The Balaban J connectivity index is 2.37. The summed E-state index contributed by atoms with van der Waals surface area (Å²) in [6.45, 7) is -5.58. The normalized spacial score (nSPS) is 14.0. The van der Waals surface area contributed by atoms with Gasteiger partial charge in [-0.25, -0.2) is 0 Å². The summed E-state index contributed by atoms with van der Waals surface area (Å²) in [7, 11) is 0. The maximum Gasteiger partial charge on any atom is 0.317 e. The molecular formula is C58H94N44O22. The fourth-order valence-corrected chi connectivity index (χ4v) is 9.36. The number of aliphatic carboxylic acids is 2. The molecule has 0 saturated heterocycles. The molecule has 2 aromatic rings. The van der Waals surface area contributed by atoms with E-state index in [9.17, 15) is 107 Å². The third-order valence-electron chi connectivity index (χ3n) is 14.6. The lowest BCUT2D eigenvalue weighted by Crippen LogP contribution is -2.69. The van der Waals surface area contributed by atoms with Crippen molar-refractivity contribution in [2.24, 2.45) is 68.8 Å². The minimum absolute atomic E-state index is 0.149. The van der Waals surface area contributed by atoms with Gasteiger partial charge in [0.2, 0.25) is 36.1 Å². The number of aliphatic hydroxyl groups is 2. The molecule has 58 N–H and O–H groups in total. The minimum Gasteiger partial charge on any atom is -0.480 e. The van der Waals surface area contributed by atoms with Gasteiger partial charge in [-0.1, -0.05) is 60.7 Å². The van der Waals surface area contributed by atoms with Crippen molar-refractivity contribution in [3.63, 3.8) is 0 Å². The highest BCUT2D eigenvalue weighted by molar-refractivity contribution is 6.03. The lowest BCUT2D eigenvalue weighted by atomic mass is 10.1. The number of guanidine groups is 8. The van der Waals surface area contributed by atoms with Gasteiger partial charge in [0, 0.05) is 13.1 Å². The van der Waals surface area contributed by atoms with Crippen molar-refractivity contribution >= 4 is 154 Å². The molecule has 14 unspecified atom stereocenters. The van der Waals surface area contributed by atoms with Crippen LogP contribution >= 0.6 is 0 Å². The number of nitrogens with zero attached hydrogens (tertiary/aromatic N) is 2. The molecule has 0 bridgehead atoms. The van der Waals surface area contributed by atoms with Crippen LogP contribution in [0.1, 0.15) is 23.2 Å². The summed E-state index contributed by atoms with van der Waals surface area (Å²) < 4.78 is 0. The van der Waals surface area contributed by atoms with Crippen LogP contribution in [0.25, 0.3) is 0 Å². The molecule has 0 spiro atoms. The zero-order valence-electron chi connectivity index (χ0n) is 64.1. The molecule has 0 aliphatic heterocycles. The molecule has 0 fully saturated rings. The molecule has 66 heteroatoms. The number of benzene rings is 2. The first-order chi connectivity index (χ1) is 57.8. The molecule has 0 heterocycles. The second-order valence-electron chi connectivity index (χ2n) is 24.6. The lowest BCUT2D eigenvalue weighted by molar-refractivity contribution is -0.143. The van der Waals surface area contributed by atoms with E-state index in [0.717, 1.165) is 9.80 Å². The molecule has 0 aliphatic carbocycles. The van der Waals surface area contributed by atoms with Crippen molar-refractivity contribution in [1.82, 2.24) is 127 Å². The third kappa shape index (κ3) is 38.3. The van der Waals surface area contributed by atoms with Crippen LogP contribution in [-0.2, 0) is 86.3 Å². The average Bonchev–Trinajstić information content (AvgIpc) is 0.703. The molecule has 0 saturated carbocycles. The zero-order chi connectivity index (χ0) is 94.3. The highest BCUT2D eigenvalue weighted by atomic mass is 16.4. The van der Waals surface area contributed by atoms with E-state index in [2.05, 4.69) is 21.3 Å². The highest BCUT2D eigenvalue weighted by Crippen LogP contribution is 2.16. The van der Waals surface area contributed by atoms with E-state index in [1.807, 2.05) is 95.7 Å². The number of carboxylic acid groups (broad SMARTS) is 2. The van der Waals surface area contributed by atoms with Crippen LogP contribution in [-0.4, -0.2) is 298 Å². The van der Waals surface area contributed by atoms with Crippen LogP contribution in [0.4, 0.5) is 0 Å². The first-order valence-corrected chi connectivity index (χ1v) is 34.3.